The lowest BCUT2D eigenvalue weighted by molar-refractivity contribution is -0.140. The number of nitrogens with two attached hydrogens (primary N) is 1. The van der Waals surface area contributed by atoms with E-state index in [1.54, 1.807) is 4.90 Å². The third kappa shape index (κ3) is 2.69. The van der Waals surface area contributed by atoms with Gasteiger partial charge >= 0.3 is 0 Å². The third-order valence-corrected chi connectivity index (χ3v) is 3.37. The van der Waals surface area contributed by atoms with E-state index in [4.69, 9.17) is 5.73 Å². The van der Waals surface area contributed by atoms with Crippen LogP contribution in [0.25, 0.3) is 0 Å². The molecule has 0 aliphatic carbocycles. The Bertz CT molecular complexity index is 227. The average Bonchev–Trinajstić information content (AvgIpc) is 2.27. The molecule has 1 heterocycles. The SMILES string of the molecule is CCC(N)(CC)C(=O)N1CCCC(O)C1. The number of aliphatic hydroxyl groups is 1. The number of piperidine rings is 1. The van der Waals surface area contributed by atoms with Crippen molar-refractivity contribution in [3.63, 3.8) is 0 Å². The van der Waals surface area contributed by atoms with Crippen LogP contribution >= 0.6 is 0 Å². The average molecular weight is 214 g/mol. The molecule has 88 valence electrons. The highest BCUT2D eigenvalue weighted by atomic mass is 16.3. The molecule has 4 heteroatoms. The monoisotopic (exact) mass is 214 g/mol. The lowest BCUT2D eigenvalue weighted by Gasteiger charge is -2.36. The number of hydrogen-bond acceptors (Lipinski definition) is 3. The van der Waals surface area contributed by atoms with E-state index in [0.717, 1.165) is 19.4 Å². The smallest absolute Gasteiger partial charge is 0.242 e. The van der Waals surface area contributed by atoms with Crippen LogP contribution in [0, 0.1) is 0 Å². The maximum atomic E-state index is 12.1. The van der Waals surface area contributed by atoms with Crippen molar-refractivity contribution in [2.45, 2.75) is 51.2 Å². The van der Waals surface area contributed by atoms with Crippen LogP contribution < -0.4 is 5.73 Å². The Morgan fingerprint density at radius 3 is 2.60 bits per heavy atom. The number of carbonyl (C=O) groups is 1. The number of likely N-dealkylation sites (tertiary alicyclic amines) is 1. The summed E-state index contributed by atoms with van der Waals surface area (Å²) in [5.41, 5.74) is 5.30. The number of aliphatic hydroxyl groups excluding tert-OH is 1. The highest BCUT2D eigenvalue weighted by molar-refractivity contribution is 5.86. The summed E-state index contributed by atoms with van der Waals surface area (Å²) in [5, 5.41) is 9.50. The van der Waals surface area contributed by atoms with Gasteiger partial charge in [-0.15, -0.1) is 0 Å². The second-order valence-electron chi connectivity index (χ2n) is 4.41. The molecule has 0 aromatic heterocycles. The van der Waals surface area contributed by atoms with Crippen LogP contribution in [0.1, 0.15) is 39.5 Å². The Labute approximate surface area is 91.4 Å². The summed E-state index contributed by atoms with van der Waals surface area (Å²) >= 11 is 0. The molecule has 1 aliphatic rings. The molecule has 3 N–H and O–H groups in total. The van der Waals surface area contributed by atoms with Crippen molar-refractivity contribution in [2.75, 3.05) is 13.1 Å². The number of carbonyl (C=O) groups excluding carboxylic acids is 1. The molecule has 1 atom stereocenters. The van der Waals surface area contributed by atoms with E-state index in [2.05, 4.69) is 0 Å². The Morgan fingerprint density at radius 2 is 2.13 bits per heavy atom. The Balaban J connectivity index is 2.66. The van der Waals surface area contributed by atoms with Gasteiger partial charge in [-0.3, -0.25) is 4.79 Å². The van der Waals surface area contributed by atoms with E-state index < -0.39 is 5.54 Å². The number of nitrogens with zero attached hydrogens (tertiary/aromatic N) is 1. The van der Waals surface area contributed by atoms with Gasteiger partial charge in [0.25, 0.3) is 0 Å². The van der Waals surface area contributed by atoms with Crippen LogP contribution in [0.15, 0.2) is 0 Å². The van der Waals surface area contributed by atoms with Gasteiger partial charge in [-0.1, -0.05) is 13.8 Å². The van der Waals surface area contributed by atoms with E-state index in [-0.39, 0.29) is 12.0 Å². The quantitative estimate of drug-likeness (QED) is 0.718. The number of β-amino-alcohol motifs (C(OH)–C–C–N with tert-alkyl or cyclic N) is 1. The van der Waals surface area contributed by atoms with Gasteiger partial charge in [0.2, 0.25) is 5.91 Å². The van der Waals surface area contributed by atoms with Crippen molar-refractivity contribution >= 4 is 5.91 Å². The topological polar surface area (TPSA) is 66.6 Å². The van der Waals surface area contributed by atoms with Crippen LogP contribution in [0.5, 0.6) is 0 Å². The molecular weight excluding hydrogens is 192 g/mol. The van der Waals surface area contributed by atoms with Crippen LogP contribution in [0.2, 0.25) is 0 Å². The lowest BCUT2D eigenvalue weighted by Crippen LogP contribution is -2.57. The molecule has 0 aromatic carbocycles. The minimum atomic E-state index is -0.739. The molecule has 1 aliphatic heterocycles. The second kappa shape index (κ2) is 4.94. The van der Waals surface area contributed by atoms with E-state index >= 15 is 0 Å². The predicted octanol–water partition coefficient (Wildman–Crippen LogP) is 0.487. The summed E-state index contributed by atoms with van der Waals surface area (Å²) in [6.07, 6.45) is 2.58. The number of amides is 1. The standard InChI is InChI=1S/C11H22N2O2/c1-3-11(12,4-2)10(15)13-7-5-6-9(14)8-13/h9,14H,3-8,12H2,1-2H3. The number of hydrogen-bond donors (Lipinski definition) is 2. The maximum Gasteiger partial charge on any atom is 0.242 e. The molecule has 0 spiro atoms. The molecule has 4 nitrogen and oxygen atoms in total. The second-order valence-corrected chi connectivity index (χ2v) is 4.41. The first-order chi connectivity index (χ1) is 7.03. The van der Waals surface area contributed by atoms with Gasteiger partial charge in [0.15, 0.2) is 0 Å². The van der Waals surface area contributed by atoms with Crippen molar-refractivity contribution in [3.8, 4) is 0 Å². The first kappa shape index (κ1) is 12.5. The highest BCUT2D eigenvalue weighted by Gasteiger charge is 2.35. The van der Waals surface area contributed by atoms with Crippen molar-refractivity contribution in [1.82, 2.24) is 4.90 Å². The molecule has 1 fully saturated rings. The Hall–Kier alpha value is -0.610. The van der Waals surface area contributed by atoms with Gasteiger partial charge in [0, 0.05) is 13.1 Å². The zero-order valence-corrected chi connectivity index (χ0v) is 9.70. The summed E-state index contributed by atoms with van der Waals surface area (Å²) in [7, 11) is 0. The molecule has 0 saturated carbocycles. The minimum absolute atomic E-state index is 0.00810. The van der Waals surface area contributed by atoms with Gasteiger partial charge in [-0.25, -0.2) is 0 Å². The molecule has 1 saturated heterocycles. The molecule has 0 bridgehead atoms. The van der Waals surface area contributed by atoms with Crippen LogP contribution in [-0.2, 0) is 4.79 Å². The molecule has 1 unspecified atom stereocenters. The van der Waals surface area contributed by atoms with Crippen molar-refractivity contribution in [2.24, 2.45) is 5.73 Å². The fraction of sp³-hybridized carbons (Fsp3) is 0.909. The lowest BCUT2D eigenvalue weighted by atomic mass is 9.91. The van der Waals surface area contributed by atoms with Gasteiger partial charge in [-0.2, -0.15) is 0 Å². The van der Waals surface area contributed by atoms with Crippen molar-refractivity contribution < 1.29 is 9.90 Å². The van der Waals surface area contributed by atoms with E-state index in [1.165, 1.54) is 0 Å². The van der Waals surface area contributed by atoms with Crippen LogP contribution in [0.4, 0.5) is 0 Å². The Kier molecular flexibility index (Phi) is 4.11. The van der Waals surface area contributed by atoms with Gasteiger partial charge < -0.3 is 15.7 Å². The van der Waals surface area contributed by atoms with E-state index in [9.17, 15) is 9.90 Å². The normalized spacial score (nSPS) is 22.9. The van der Waals surface area contributed by atoms with Crippen LogP contribution in [0.3, 0.4) is 0 Å². The Morgan fingerprint density at radius 1 is 1.53 bits per heavy atom. The van der Waals surface area contributed by atoms with Gasteiger partial charge in [0.1, 0.15) is 0 Å². The summed E-state index contributed by atoms with van der Waals surface area (Å²) in [6.45, 7) is 5.04. The zero-order chi connectivity index (χ0) is 11.5. The molecule has 1 rings (SSSR count). The van der Waals surface area contributed by atoms with Crippen molar-refractivity contribution in [1.29, 1.82) is 0 Å². The minimum Gasteiger partial charge on any atom is -0.391 e. The van der Waals surface area contributed by atoms with Crippen LogP contribution in [-0.4, -0.2) is 40.6 Å². The maximum absolute atomic E-state index is 12.1. The molecule has 0 radical (unpaired) electrons. The fourth-order valence-corrected chi connectivity index (χ4v) is 2.01. The first-order valence-corrected chi connectivity index (χ1v) is 5.79. The van der Waals surface area contributed by atoms with Gasteiger partial charge in [0.05, 0.1) is 11.6 Å². The summed E-state index contributed by atoms with van der Waals surface area (Å²) in [6, 6.07) is 0. The summed E-state index contributed by atoms with van der Waals surface area (Å²) < 4.78 is 0. The van der Waals surface area contributed by atoms with Gasteiger partial charge in [-0.05, 0) is 25.7 Å². The van der Waals surface area contributed by atoms with E-state index in [1.807, 2.05) is 13.8 Å². The zero-order valence-electron chi connectivity index (χ0n) is 9.70. The molecule has 0 aromatic rings. The summed E-state index contributed by atoms with van der Waals surface area (Å²) in [4.78, 5) is 13.8. The summed E-state index contributed by atoms with van der Waals surface area (Å²) in [5.74, 6) is -0.00810. The number of rotatable bonds is 3. The third-order valence-electron chi connectivity index (χ3n) is 3.37. The molecule has 1 amide bonds. The van der Waals surface area contributed by atoms with E-state index in [0.29, 0.717) is 19.4 Å². The van der Waals surface area contributed by atoms with Crippen molar-refractivity contribution in [3.05, 3.63) is 0 Å². The highest BCUT2D eigenvalue weighted by Crippen LogP contribution is 2.19. The molecular formula is C11H22N2O2. The largest absolute Gasteiger partial charge is 0.391 e. The predicted molar refractivity (Wildman–Crippen MR) is 59.3 cm³/mol. The fourth-order valence-electron chi connectivity index (χ4n) is 2.01. The first-order valence-electron chi connectivity index (χ1n) is 5.79. The molecule has 15 heavy (non-hydrogen) atoms.